The number of carbonyl (C=O) groups excluding carboxylic acids is 2. The van der Waals surface area contributed by atoms with Crippen molar-refractivity contribution < 1.29 is 23.8 Å². The molecule has 0 saturated carbocycles. The smallest absolute Gasteiger partial charge is 0.406 e. The van der Waals surface area contributed by atoms with Gasteiger partial charge in [-0.1, -0.05) is 54.1 Å². The summed E-state index contributed by atoms with van der Waals surface area (Å²) in [7, 11) is 5.38. The van der Waals surface area contributed by atoms with E-state index < -0.39 is 17.5 Å². The second-order valence-corrected chi connectivity index (χ2v) is 12.2. The number of alkyl carbamates (subject to hydrolysis) is 1. The fourth-order valence-electron chi connectivity index (χ4n) is 6.19. The summed E-state index contributed by atoms with van der Waals surface area (Å²) in [5, 5.41) is 18.7. The summed E-state index contributed by atoms with van der Waals surface area (Å²) >= 11 is 0. The average molecular weight is 619 g/mol. The maximum absolute atomic E-state index is 15.6. The Balaban J connectivity index is 1.58. The van der Waals surface area contributed by atoms with Gasteiger partial charge in [0.05, 0.1) is 12.7 Å². The van der Waals surface area contributed by atoms with Crippen LogP contribution in [0.4, 0.5) is 9.18 Å². The molecular weight excluding hydrogens is 571 g/mol. The lowest BCUT2D eigenvalue weighted by molar-refractivity contribution is -0.0564. The summed E-state index contributed by atoms with van der Waals surface area (Å²) in [6.07, 6.45) is 1.54. The average Bonchev–Trinajstić information content (AvgIpc) is 3.04. The molecule has 2 amide bonds. The molecule has 1 fully saturated rings. The summed E-state index contributed by atoms with van der Waals surface area (Å²) < 4.78 is 20.3. The van der Waals surface area contributed by atoms with Crippen molar-refractivity contribution >= 4 is 12.0 Å². The van der Waals surface area contributed by atoms with Crippen LogP contribution in [0.25, 0.3) is 11.1 Å². The zero-order chi connectivity index (χ0) is 32.4. The third-order valence-electron chi connectivity index (χ3n) is 8.63. The molecule has 45 heavy (non-hydrogen) atoms. The first-order valence-corrected chi connectivity index (χ1v) is 15.8. The first-order chi connectivity index (χ1) is 21.6. The van der Waals surface area contributed by atoms with Gasteiger partial charge in [-0.05, 0) is 81.6 Å². The van der Waals surface area contributed by atoms with Gasteiger partial charge in [-0.2, -0.15) is 0 Å². The minimum Gasteiger partial charge on any atom is -0.453 e. The zero-order valence-electron chi connectivity index (χ0n) is 26.9. The SMILES string of the molecule is COC(=O)NCCCC(O)(c1cccc(F)c1-c1cccc(C)c1)[C@@H]1CCCN(C(=O)c2ccc(CNCCN(C)C)cc2)C1. The van der Waals surface area contributed by atoms with Gasteiger partial charge in [0.1, 0.15) is 5.82 Å². The van der Waals surface area contributed by atoms with Gasteiger partial charge < -0.3 is 30.3 Å². The number of hydrogen-bond donors (Lipinski definition) is 3. The van der Waals surface area contributed by atoms with E-state index in [0.717, 1.165) is 30.8 Å². The van der Waals surface area contributed by atoms with E-state index in [1.807, 2.05) is 74.4 Å². The number of likely N-dealkylation sites (N-methyl/N-ethyl adjacent to an activating group) is 1. The second kappa shape index (κ2) is 16.0. The number of aryl methyl sites for hydroxylation is 1. The van der Waals surface area contributed by atoms with Gasteiger partial charge in [-0.15, -0.1) is 0 Å². The Morgan fingerprint density at radius 2 is 1.84 bits per heavy atom. The van der Waals surface area contributed by atoms with Crippen molar-refractivity contribution in [2.75, 3.05) is 53.9 Å². The lowest BCUT2D eigenvalue weighted by Gasteiger charge is -2.43. The Morgan fingerprint density at radius 3 is 2.56 bits per heavy atom. The van der Waals surface area contributed by atoms with Gasteiger partial charge in [-0.3, -0.25) is 4.79 Å². The van der Waals surface area contributed by atoms with Crippen molar-refractivity contribution in [2.24, 2.45) is 5.92 Å². The largest absolute Gasteiger partial charge is 0.453 e. The van der Waals surface area contributed by atoms with Gasteiger partial charge in [0.2, 0.25) is 0 Å². The topological polar surface area (TPSA) is 94.1 Å². The van der Waals surface area contributed by atoms with E-state index in [1.165, 1.54) is 13.2 Å². The van der Waals surface area contributed by atoms with Gasteiger partial charge in [0.25, 0.3) is 5.91 Å². The molecule has 1 saturated heterocycles. The highest BCUT2D eigenvalue weighted by Crippen LogP contribution is 2.44. The Bertz CT molecular complexity index is 1430. The van der Waals surface area contributed by atoms with Crippen LogP contribution < -0.4 is 10.6 Å². The van der Waals surface area contributed by atoms with Crippen LogP contribution in [0, 0.1) is 18.7 Å². The molecule has 242 valence electrons. The predicted octanol–water partition coefficient (Wildman–Crippen LogP) is 5.33. The summed E-state index contributed by atoms with van der Waals surface area (Å²) in [5.74, 6) is -0.845. The second-order valence-electron chi connectivity index (χ2n) is 12.2. The quantitative estimate of drug-likeness (QED) is 0.224. The maximum Gasteiger partial charge on any atom is 0.406 e. The number of amides is 2. The monoisotopic (exact) mass is 618 g/mol. The number of nitrogens with one attached hydrogen (secondary N) is 2. The van der Waals surface area contributed by atoms with Gasteiger partial charge in [0, 0.05) is 56.3 Å². The molecule has 8 nitrogen and oxygen atoms in total. The molecule has 3 aromatic carbocycles. The molecule has 0 spiro atoms. The Labute approximate surface area is 266 Å². The third kappa shape index (κ3) is 8.90. The molecule has 0 bridgehead atoms. The first-order valence-electron chi connectivity index (χ1n) is 15.8. The van der Waals surface area contributed by atoms with E-state index >= 15 is 4.39 Å². The molecule has 0 radical (unpaired) electrons. The highest BCUT2D eigenvalue weighted by molar-refractivity contribution is 5.94. The molecule has 0 aromatic heterocycles. The highest BCUT2D eigenvalue weighted by Gasteiger charge is 2.43. The van der Waals surface area contributed by atoms with Crippen molar-refractivity contribution in [1.29, 1.82) is 0 Å². The van der Waals surface area contributed by atoms with Crippen LogP contribution in [0.5, 0.6) is 0 Å². The molecule has 9 heteroatoms. The van der Waals surface area contributed by atoms with Crippen molar-refractivity contribution in [3.8, 4) is 11.1 Å². The van der Waals surface area contributed by atoms with Crippen molar-refractivity contribution in [3.63, 3.8) is 0 Å². The zero-order valence-corrected chi connectivity index (χ0v) is 26.9. The normalized spacial score (nSPS) is 16.3. The Morgan fingerprint density at radius 1 is 1.09 bits per heavy atom. The number of rotatable bonds is 13. The molecule has 0 aliphatic carbocycles. The minimum absolute atomic E-state index is 0.0836. The van der Waals surface area contributed by atoms with Crippen LogP contribution >= 0.6 is 0 Å². The number of halogens is 1. The lowest BCUT2D eigenvalue weighted by Crippen LogP contribution is -2.48. The fraction of sp³-hybridized carbons (Fsp3) is 0.444. The number of nitrogens with zero attached hydrogens (tertiary/aromatic N) is 2. The molecule has 1 heterocycles. The van der Waals surface area contributed by atoms with Crippen molar-refractivity contribution in [1.82, 2.24) is 20.4 Å². The number of methoxy groups -OCH3 is 1. The van der Waals surface area contributed by atoms with Gasteiger partial charge >= 0.3 is 6.09 Å². The Kier molecular flexibility index (Phi) is 12.1. The lowest BCUT2D eigenvalue weighted by atomic mass is 9.72. The summed E-state index contributed by atoms with van der Waals surface area (Å²) in [4.78, 5) is 29.3. The highest BCUT2D eigenvalue weighted by atomic mass is 19.1. The summed E-state index contributed by atoms with van der Waals surface area (Å²) in [6, 6.07) is 20.1. The van der Waals surface area contributed by atoms with Crippen LogP contribution in [0.1, 0.15) is 52.7 Å². The van der Waals surface area contributed by atoms with Crippen LogP contribution in [0.3, 0.4) is 0 Å². The van der Waals surface area contributed by atoms with Crippen molar-refractivity contribution in [3.05, 3.63) is 94.8 Å². The molecule has 3 N–H and O–H groups in total. The van der Waals surface area contributed by atoms with Gasteiger partial charge in [-0.25, -0.2) is 9.18 Å². The van der Waals surface area contributed by atoms with Crippen LogP contribution in [0.15, 0.2) is 66.7 Å². The van der Waals surface area contributed by atoms with E-state index in [9.17, 15) is 14.7 Å². The number of benzene rings is 3. The molecular formula is C36H47FN4O4. The standard InChI is InChI=1S/C36H47FN4O4/c1-26-9-5-10-29(23-26)33-31(12-6-13-32(33)37)36(44,18-8-19-39-35(43)45-4)30-11-7-21-41(25-30)34(42)28-16-14-27(15-17-28)24-38-20-22-40(2)3/h5-6,9-10,12-17,23,30,38,44H,7-8,11,18-22,24-25H2,1-4H3,(H,39,43)/t30-,36?/m1/s1. The van der Waals surface area contributed by atoms with Crippen molar-refractivity contribution in [2.45, 2.75) is 44.8 Å². The first kappa shape index (κ1) is 34.1. The minimum atomic E-state index is -1.46. The predicted molar refractivity (Wildman–Crippen MR) is 175 cm³/mol. The molecule has 2 atom stereocenters. The summed E-state index contributed by atoms with van der Waals surface area (Å²) in [5.41, 5.74) is 2.78. The van der Waals surface area contributed by atoms with E-state index in [0.29, 0.717) is 54.6 Å². The molecule has 1 aliphatic heterocycles. The number of hydrogen-bond acceptors (Lipinski definition) is 6. The maximum atomic E-state index is 15.6. The molecule has 4 rings (SSSR count). The molecule has 3 aromatic rings. The molecule has 1 aliphatic rings. The van der Waals surface area contributed by atoms with E-state index in [-0.39, 0.29) is 24.8 Å². The Hall–Kier alpha value is -3.79. The van der Waals surface area contributed by atoms with Crippen LogP contribution in [-0.2, 0) is 16.9 Å². The number of likely N-dealkylation sites (tertiary alicyclic amines) is 1. The number of ether oxygens (including phenoxy) is 1. The van der Waals surface area contributed by atoms with Gasteiger partial charge in [0.15, 0.2) is 0 Å². The van der Waals surface area contributed by atoms with E-state index in [1.54, 1.807) is 12.1 Å². The summed E-state index contributed by atoms with van der Waals surface area (Å²) in [6.45, 7) is 5.70. The van der Waals surface area contributed by atoms with Crippen LogP contribution in [-0.4, -0.2) is 80.8 Å². The number of piperidine rings is 1. The number of aliphatic hydroxyl groups is 1. The fourth-order valence-corrected chi connectivity index (χ4v) is 6.19. The van der Waals surface area contributed by atoms with E-state index in [2.05, 4.69) is 15.5 Å². The van der Waals surface area contributed by atoms with Crippen LogP contribution in [0.2, 0.25) is 0 Å². The molecule has 1 unspecified atom stereocenters. The van der Waals surface area contributed by atoms with E-state index in [4.69, 9.17) is 4.74 Å². The third-order valence-corrected chi connectivity index (χ3v) is 8.63. The number of carbonyl (C=O) groups is 2.